The molecule has 0 aromatic carbocycles. The average Bonchev–Trinajstić information content (AvgIpc) is 2.50. The molecule has 6 atom stereocenters. The molecule has 1 amide bonds. The van der Waals surface area contributed by atoms with Crippen LogP contribution >= 0.6 is 0 Å². The molecule has 1 rings (SSSR count). The van der Waals surface area contributed by atoms with Crippen LogP contribution < -0.4 is 10.6 Å². The summed E-state index contributed by atoms with van der Waals surface area (Å²) in [5.41, 5.74) is 0. The van der Waals surface area contributed by atoms with E-state index in [9.17, 15) is 19.8 Å². The van der Waals surface area contributed by atoms with Crippen LogP contribution in [0, 0.1) is 5.92 Å². The Bertz CT molecular complexity index is 368. The fourth-order valence-corrected chi connectivity index (χ4v) is 2.22. The van der Waals surface area contributed by atoms with Crippen LogP contribution in [0.15, 0.2) is 0 Å². The molecule has 22 heavy (non-hydrogen) atoms. The molecule has 5 unspecified atom stereocenters. The van der Waals surface area contributed by atoms with Crippen molar-refractivity contribution in [2.75, 3.05) is 19.9 Å². The lowest BCUT2D eigenvalue weighted by atomic mass is 9.89. The summed E-state index contributed by atoms with van der Waals surface area (Å²) in [5.74, 6) is -0.750. The number of amides is 1. The van der Waals surface area contributed by atoms with Gasteiger partial charge in [-0.2, -0.15) is 0 Å². The van der Waals surface area contributed by atoms with Crippen molar-refractivity contribution in [2.24, 2.45) is 5.92 Å². The van der Waals surface area contributed by atoms with Gasteiger partial charge in [0.2, 0.25) is 5.91 Å². The lowest BCUT2D eigenvalue weighted by Gasteiger charge is -2.43. The molecule has 0 aromatic rings. The van der Waals surface area contributed by atoms with Gasteiger partial charge in [0.15, 0.2) is 6.29 Å². The summed E-state index contributed by atoms with van der Waals surface area (Å²) < 4.78 is 10.9. The maximum Gasteiger partial charge on any atom is 0.217 e. The van der Waals surface area contributed by atoms with Crippen LogP contribution in [-0.2, 0) is 19.1 Å². The second-order valence-corrected chi connectivity index (χ2v) is 5.24. The molecular formula is C13H24N2O7. The van der Waals surface area contributed by atoms with E-state index in [1.807, 2.05) is 0 Å². The Morgan fingerprint density at radius 2 is 2.14 bits per heavy atom. The zero-order chi connectivity index (χ0) is 16.7. The number of aliphatic hydroxyl groups is 3. The zero-order valence-electron chi connectivity index (χ0n) is 12.6. The van der Waals surface area contributed by atoms with Gasteiger partial charge in [0.25, 0.3) is 0 Å². The van der Waals surface area contributed by atoms with Crippen molar-refractivity contribution in [3.8, 4) is 0 Å². The summed E-state index contributed by atoms with van der Waals surface area (Å²) in [7, 11) is 0. The van der Waals surface area contributed by atoms with E-state index >= 15 is 0 Å². The fraction of sp³-hybridized carbons (Fsp3) is 0.846. The van der Waals surface area contributed by atoms with E-state index < -0.39 is 36.5 Å². The monoisotopic (exact) mass is 320 g/mol. The number of aldehydes is 1. The van der Waals surface area contributed by atoms with E-state index in [2.05, 4.69) is 10.6 Å². The Hall–Kier alpha value is -1.10. The first-order valence-electron chi connectivity index (χ1n) is 7.07. The minimum atomic E-state index is -0.995. The fourth-order valence-electron chi connectivity index (χ4n) is 2.22. The molecule has 5 N–H and O–H groups in total. The highest BCUT2D eigenvalue weighted by atomic mass is 16.7. The minimum absolute atomic E-state index is 0.135. The van der Waals surface area contributed by atoms with Crippen molar-refractivity contribution >= 4 is 12.2 Å². The largest absolute Gasteiger partial charge is 0.394 e. The Kier molecular flexibility index (Phi) is 7.87. The molecule has 9 nitrogen and oxygen atoms in total. The lowest BCUT2D eigenvalue weighted by Crippen LogP contribution is -2.62. The molecule has 0 bridgehead atoms. The van der Waals surface area contributed by atoms with Crippen molar-refractivity contribution in [3.63, 3.8) is 0 Å². The van der Waals surface area contributed by atoms with Crippen LogP contribution in [0.3, 0.4) is 0 Å². The highest BCUT2D eigenvalue weighted by molar-refractivity contribution is 5.73. The van der Waals surface area contributed by atoms with Crippen LogP contribution in [0.25, 0.3) is 0 Å². The van der Waals surface area contributed by atoms with Gasteiger partial charge in [-0.05, 0) is 0 Å². The van der Waals surface area contributed by atoms with Crippen molar-refractivity contribution < 1.29 is 34.4 Å². The summed E-state index contributed by atoms with van der Waals surface area (Å²) in [4.78, 5) is 21.8. The first-order chi connectivity index (χ1) is 10.4. The summed E-state index contributed by atoms with van der Waals surface area (Å²) in [6.45, 7) is 2.18. The summed E-state index contributed by atoms with van der Waals surface area (Å²) >= 11 is 0. The second-order valence-electron chi connectivity index (χ2n) is 5.24. The predicted molar refractivity (Wildman–Crippen MR) is 74.5 cm³/mol. The molecular weight excluding hydrogens is 296 g/mol. The molecule has 1 aliphatic rings. The molecule has 128 valence electrons. The number of nitrogens with one attached hydrogen (secondary N) is 2. The van der Waals surface area contributed by atoms with Crippen LogP contribution in [0.1, 0.15) is 13.8 Å². The third-order valence-corrected chi connectivity index (χ3v) is 3.60. The Morgan fingerprint density at radius 1 is 1.45 bits per heavy atom. The lowest BCUT2D eigenvalue weighted by molar-refractivity contribution is -0.257. The average molecular weight is 320 g/mol. The van der Waals surface area contributed by atoms with Crippen molar-refractivity contribution in [3.05, 3.63) is 0 Å². The number of carbonyl (C=O) groups is 2. The SMILES string of the molecule is CC(=O)NC1C(OCN[C@H](C=O)CO)OC(CO)C(C)C1O. The standard InChI is InChI=1S/C13H24N2O7/c1-7-10(5-18)22-13(11(12(7)20)15-8(2)19)21-6-14-9(3-16)4-17/h3,7,9-14,17-18,20H,4-6H2,1-2H3,(H,15,19)/t7?,9-,10?,11?,12?,13?/m1/s1. The van der Waals surface area contributed by atoms with Gasteiger partial charge in [-0.15, -0.1) is 0 Å². The van der Waals surface area contributed by atoms with Gasteiger partial charge in [-0.3, -0.25) is 10.1 Å². The number of aliphatic hydroxyl groups excluding tert-OH is 3. The van der Waals surface area contributed by atoms with Crippen LogP contribution in [0.5, 0.6) is 0 Å². The van der Waals surface area contributed by atoms with E-state index in [0.717, 1.165) is 0 Å². The van der Waals surface area contributed by atoms with Gasteiger partial charge in [-0.25, -0.2) is 0 Å². The maximum absolute atomic E-state index is 11.3. The van der Waals surface area contributed by atoms with Crippen LogP contribution in [0.2, 0.25) is 0 Å². The topological polar surface area (TPSA) is 137 Å². The van der Waals surface area contributed by atoms with Gasteiger partial charge in [0, 0.05) is 12.8 Å². The quantitative estimate of drug-likeness (QED) is 0.241. The molecule has 0 radical (unpaired) electrons. The zero-order valence-corrected chi connectivity index (χ0v) is 12.6. The summed E-state index contributed by atoms with van der Waals surface area (Å²) in [5, 5.41) is 33.6. The van der Waals surface area contributed by atoms with E-state index in [1.54, 1.807) is 6.92 Å². The van der Waals surface area contributed by atoms with Gasteiger partial charge >= 0.3 is 0 Å². The van der Waals surface area contributed by atoms with Gasteiger partial charge < -0.3 is 34.9 Å². The normalized spacial score (nSPS) is 33.2. The van der Waals surface area contributed by atoms with Crippen molar-refractivity contribution in [1.82, 2.24) is 10.6 Å². The number of ether oxygens (including phenoxy) is 2. The molecule has 0 aromatic heterocycles. The number of carbonyl (C=O) groups excluding carboxylic acids is 2. The summed E-state index contributed by atoms with van der Waals surface area (Å²) in [6.07, 6.45) is -2.06. The molecule has 9 heteroatoms. The highest BCUT2D eigenvalue weighted by Crippen LogP contribution is 2.26. The summed E-state index contributed by atoms with van der Waals surface area (Å²) in [6, 6.07) is -1.58. The first-order valence-corrected chi connectivity index (χ1v) is 7.07. The van der Waals surface area contributed by atoms with Gasteiger partial charge in [0.1, 0.15) is 19.1 Å². The maximum atomic E-state index is 11.3. The van der Waals surface area contributed by atoms with Crippen LogP contribution in [0.4, 0.5) is 0 Å². The van der Waals surface area contributed by atoms with Gasteiger partial charge in [-0.1, -0.05) is 6.92 Å². The molecule has 1 heterocycles. The predicted octanol–water partition coefficient (Wildman–Crippen LogP) is -2.67. The molecule has 0 aliphatic carbocycles. The number of hydrogen-bond acceptors (Lipinski definition) is 8. The minimum Gasteiger partial charge on any atom is -0.394 e. The molecule has 1 fully saturated rings. The number of rotatable bonds is 8. The van der Waals surface area contributed by atoms with Gasteiger partial charge in [0.05, 0.1) is 31.5 Å². The molecule has 1 saturated heterocycles. The third-order valence-electron chi connectivity index (χ3n) is 3.60. The van der Waals surface area contributed by atoms with E-state index in [0.29, 0.717) is 6.29 Å². The molecule has 0 saturated carbocycles. The smallest absolute Gasteiger partial charge is 0.217 e. The Morgan fingerprint density at radius 3 is 2.64 bits per heavy atom. The molecule has 0 spiro atoms. The Labute approximate surface area is 128 Å². The van der Waals surface area contributed by atoms with E-state index in [1.165, 1.54) is 6.92 Å². The van der Waals surface area contributed by atoms with E-state index in [4.69, 9.17) is 14.6 Å². The molecule has 1 aliphatic heterocycles. The van der Waals surface area contributed by atoms with E-state index in [-0.39, 0.29) is 25.9 Å². The highest BCUT2D eigenvalue weighted by Gasteiger charge is 2.43. The van der Waals surface area contributed by atoms with Crippen LogP contribution in [-0.4, -0.2) is 78.0 Å². The number of hydrogen-bond donors (Lipinski definition) is 5. The van der Waals surface area contributed by atoms with Crippen molar-refractivity contribution in [2.45, 2.75) is 44.4 Å². The van der Waals surface area contributed by atoms with Crippen molar-refractivity contribution in [1.29, 1.82) is 0 Å². The third kappa shape index (κ3) is 4.97. The Balaban J connectivity index is 2.68. The first kappa shape index (κ1) is 18.9. The second kappa shape index (κ2) is 9.13.